The summed E-state index contributed by atoms with van der Waals surface area (Å²) >= 11 is 5.50. The molecule has 0 fully saturated rings. The van der Waals surface area contributed by atoms with E-state index >= 15 is 0 Å². The maximum atomic E-state index is 13.7. The first-order chi connectivity index (χ1) is 14.4. The fourth-order valence-corrected chi connectivity index (χ4v) is 2.33. The number of carbonyl (C=O) groups excluding carboxylic acids is 1. The predicted molar refractivity (Wildman–Crippen MR) is 94.2 cm³/mol. The Labute approximate surface area is 174 Å². The quantitative estimate of drug-likeness (QED) is 0.161. The third-order valence-corrected chi connectivity index (χ3v) is 3.74. The molecule has 0 bridgehead atoms. The van der Waals surface area contributed by atoms with Crippen LogP contribution in [-0.2, 0) is 6.18 Å². The van der Waals surface area contributed by atoms with E-state index in [1.54, 1.807) is 0 Å². The number of carbonyl (C=O) groups is 1. The molecule has 31 heavy (non-hydrogen) atoms. The average Bonchev–Trinajstić information content (AvgIpc) is 2.67. The van der Waals surface area contributed by atoms with E-state index in [1.807, 2.05) is 0 Å². The fourth-order valence-electron chi connectivity index (χ4n) is 2.13. The zero-order valence-electron chi connectivity index (χ0n) is 15.0. The Kier molecular flexibility index (Phi) is 7.44. The van der Waals surface area contributed by atoms with Crippen molar-refractivity contribution < 1.29 is 40.8 Å². The molecule has 0 aliphatic rings. The highest BCUT2D eigenvalue weighted by molar-refractivity contribution is 6.29. The van der Waals surface area contributed by atoms with Crippen molar-refractivity contribution in [3.8, 4) is 5.88 Å². The SMILES string of the molecule is O=C(NC/C=C\COc1cc(C(F)(F)F)cc(Cl)n1)c1cc([N+](=O)[O-])c(F)c(F)c1F. The van der Waals surface area contributed by atoms with E-state index in [-0.39, 0.29) is 19.2 Å². The molecule has 0 saturated heterocycles. The topological polar surface area (TPSA) is 94.4 Å². The summed E-state index contributed by atoms with van der Waals surface area (Å²) in [6.07, 6.45) is -2.17. The molecule has 0 spiro atoms. The Bertz CT molecular complexity index is 1050. The van der Waals surface area contributed by atoms with Crippen molar-refractivity contribution in [2.75, 3.05) is 13.2 Å². The lowest BCUT2D eigenvalue weighted by Gasteiger charge is -2.09. The van der Waals surface area contributed by atoms with Gasteiger partial charge in [-0.1, -0.05) is 17.7 Å². The Hall–Kier alpha value is -3.35. The van der Waals surface area contributed by atoms with Gasteiger partial charge in [-0.3, -0.25) is 14.9 Å². The minimum absolute atomic E-state index is 0.249. The van der Waals surface area contributed by atoms with Gasteiger partial charge in [-0.2, -0.15) is 17.6 Å². The molecular formula is C17H10ClF6N3O4. The van der Waals surface area contributed by atoms with Crippen LogP contribution in [-0.4, -0.2) is 29.0 Å². The molecule has 0 saturated carbocycles. The number of amides is 1. The smallest absolute Gasteiger partial charge is 0.416 e. The molecule has 1 aromatic carbocycles. The van der Waals surface area contributed by atoms with Gasteiger partial charge in [-0.25, -0.2) is 13.8 Å². The molecular weight excluding hydrogens is 460 g/mol. The second-order valence-electron chi connectivity index (χ2n) is 5.65. The average molecular weight is 470 g/mol. The second kappa shape index (κ2) is 9.64. The van der Waals surface area contributed by atoms with Crippen LogP contribution in [0.15, 0.2) is 30.4 Å². The Morgan fingerprint density at radius 3 is 2.45 bits per heavy atom. The second-order valence-corrected chi connectivity index (χ2v) is 6.04. The van der Waals surface area contributed by atoms with Gasteiger partial charge in [-0.15, -0.1) is 0 Å². The predicted octanol–water partition coefficient (Wildman–Crippen LogP) is 4.44. The highest BCUT2D eigenvalue weighted by atomic mass is 35.5. The molecule has 0 aliphatic carbocycles. The van der Waals surface area contributed by atoms with E-state index in [1.165, 1.54) is 12.2 Å². The lowest BCUT2D eigenvalue weighted by Crippen LogP contribution is -2.25. The summed E-state index contributed by atoms with van der Waals surface area (Å²) in [7, 11) is 0. The van der Waals surface area contributed by atoms with Crippen LogP contribution in [0.4, 0.5) is 32.0 Å². The van der Waals surface area contributed by atoms with Gasteiger partial charge in [0.25, 0.3) is 5.91 Å². The van der Waals surface area contributed by atoms with E-state index in [9.17, 15) is 41.3 Å². The largest absolute Gasteiger partial charge is 0.473 e. The zero-order valence-corrected chi connectivity index (χ0v) is 15.7. The summed E-state index contributed by atoms with van der Waals surface area (Å²) in [5.41, 5.74) is -3.57. The van der Waals surface area contributed by atoms with E-state index in [0.29, 0.717) is 12.1 Å². The number of nitro benzene ring substituents is 1. The molecule has 0 atom stereocenters. The van der Waals surface area contributed by atoms with Gasteiger partial charge in [0.05, 0.1) is 16.1 Å². The van der Waals surface area contributed by atoms with Gasteiger partial charge >= 0.3 is 11.9 Å². The van der Waals surface area contributed by atoms with Gasteiger partial charge in [0.15, 0.2) is 5.82 Å². The first-order valence-corrected chi connectivity index (χ1v) is 8.42. The van der Waals surface area contributed by atoms with Gasteiger partial charge in [0.2, 0.25) is 17.5 Å². The van der Waals surface area contributed by atoms with Crippen molar-refractivity contribution in [1.29, 1.82) is 0 Å². The maximum Gasteiger partial charge on any atom is 0.416 e. The molecule has 1 heterocycles. The van der Waals surface area contributed by atoms with Crippen LogP contribution in [0.5, 0.6) is 5.88 Å². The Balaban J connectivity index is 1.95. The highest BCUT2D eigenvalue weighted by Crippen LogP contribution is 2.32. The molecule has 14 heteroatoms. The number of rotatable bonds is 7. The number of ether oxygens (including phenoxy) is 1. The Morgan fingerprint density at radius 1 is 1.16 bits per heavy atom. The number of nitro groups is 1. The highest BCUT2D eigenvalue weighted by Gasteiger charge is 2.32. The lowest BCUT2D eigenvalue weighted by molar-refractivity contribution is -0.387. The number of benzene rings is 1. The molecule has 1 N–H and O–H groups in total. The van der Waals surface area contributed by atoms with Crippen LogP contribution in [0.3, 0.4) is 0 Å². The van der Waals surface area contributed by atoms with Crippen LogP contribution in [0, 0.1) is 27.6 Å². The van der Waals surface area contributed by atoms with Crippen LogP contribution in [0.1, 0.15) is 15.9 Å². The van der Waals surface area contributed by atoms with E-state index < -0.39 is 62.3 Å². The van der Waals surface area contributed by atoms with Gasteiger partial charge < -0.3 is 10.1 Å². The molecule has 7 nitrogen and oxygen atoms in total. The number of pyridine rings is 1. The van der Waals surface area contributed by atoms with Gasteiger partial charge in [0.1, 0.15) is 11.8 Å². The monoisotopic (exact) mass is 469 g/mol. The van der Waals surface area contributed by atoms with Crippen molar-refractivity contribution in [3.05, 3.63) is 74.2 Å². The number of nitrogens with one attached hydrogen (secondary N) is 1. The Morgan fingerprint density at radius 2 is 1.84 bits per heavy atom. The van der Waals surface area contributed by atoms with Crippen molar-refractivity contribution in [2.24, 2.45) is 0 Å². The molecule has 1 amide bonds. The number of alkyl halides is 3. The molecule has 2 aromatic rings. The van der Waals surface area contributed by atoms with Crippen molar-refractivity contribution in [2.45, 2.75) is 6.18 Å². The number of halogens is 7. The van der Waals surface area contributed by atoms with Crippen molar-refractivity contribution in [3.63, 3.8) is 0 Å². The molecule has 0 unspecified atom stereocenters. The van der Waals surface area contributed by atoms with Crippen LogP contribution in [0.2, 0.25) is 5.15 Å². The van der Waals surface area contributed by atoms with E-state index in [4.69, 9.17) is 16.3 Å². The van der Waals surface area contributed by atoms with E-state index in [0.717, 1.165) is 0 Å². The minimum atomic E-state index is -4.66. The lowest BCUT2D eigenvalue weighted by atomic mass is 10.1. The molecule has 2 rings (SSSR count). The number of aromatic nitrogens is 1. The molecule has 0 radical (unpaired) electrons. The molecule has 166 valence electrons. The zero-order chi connectivity index (χ0) is 23.3. The molecule has 0 aliphatic heterocycles. The van der Waals surface area contributed by atoms with Crippen LogP contribution >= 0.6 is 11.6 Å². The number of hydrogen-bond donors (Lipinski definition) is 1. The van der Waals surface area contributed by atoms with Crippen molar-refractivity contribution >= 4 is 23.2 Å². The third kappa shape index (κ3) is 6.07. The summed E-state index contributed by atoms with van der Waals surface area (Å²) < 4.78 is 83.5. The summed E-state index contributed by atoms with van der Waals surface area (Å²) in [6.45, 7) is -0.587. The van der Waals surface area contributed by atoms with Crippen LogP contribution < -0.4 is 10.1 Å². The van der Waals surface area contributed by atoms with Crippen molar-refractivity contribution in [1.82, 2.24) is 10.3 Å². The summed E-state index contributed by atoms with van der Waals surface area (Å²) in [5, 5.41) is 12.3. The minimum Gasteiger partial charge on any atom is -0.473 e. The maximum absolute atomic E-state index is 13.7. The summed E-state index contributed by atoms with van der Waals surface area (Å²) in [6, 6.07) is 1.49. The number of nitrogens with zero attached hydrogens (tertiary/aromatic N) is 2. The summed E-state index contributed by atoms with van der Waals surface area (Å²) in [5.74, 6) is -7.79. The number of hydrogen-bond acceptors (Lipinski definition) is 5. The first kappa shape index (κ1) is 23.9. The normalized spacial score (nSPS) is 11.6. The van der Waals surface area contributed by atoms with E-state index in [2.05, 4.69) is 10.3 Å². The van der Waals surface area contributed by atoms with Gasteiger partial charge in [0, 0.05) is 18.7 Å². The van der Waals surface area contributed by atoms with Crippen LogP contribution in [0.25, 0.3) is 0 Å². The standard InChI is InChI=1S/C17H10ClF6N3O4/c18-11-5-8(17(22,23)24)6-12(26-11)31-4-2-1-3-25-16(28)9-7-10(27(29)30)14(20)15(21)13(9)19/h1-2,5-7H,3-4H2,(H,25,28)/b2-1-. The third-order valence-electron chi connectivity index (χ3n) is 3.54. The molecule has 1 aromatic heterocycles. The summed E-state index contributed by atoms with van der Waals surface area (Å²) in [4.78, 5) is 24.8. The van der Waals surface area contributed by atoms with Gasteiger partial charge in [-0.05, 0) is 12.1 Å². The fraction of sp³-hybridized carbons (Fsp3) is 0.176. The first-order valence-electron chi connectivity index (χ1n) is 8.04.